The van der Waals surface area contributed by atoms with Crippen molar-refractivity contribution in [1.29, 1.82) is 0 Å². The van der Waals surface area contributed by atoms with Gasteiger partial charge in [0.25, 0.3) is 0 Å². The van der Waals surface area contributed by atoms with Crippen LogP contribution in [0.2, 0.25) is 0 Å². The molecule has 2 rings (SSSR count). The molecule has 2 aliphatic rings. The molecule has 0 aromatic heterocycles. The fourth-order valence-corrected chi connectivity index (χ4v) is 2.03. The van der Waals surface area contributed by atoms with E-state index in [9.17, 15) is 0 Å². The highest BCUT2D eigenvalue weighted by atomic mass is 32.1. The second-order valence-corrected chi connectivity index (χ2v) is 4.55. The van der Waals surface area contributed by atoms with Crippen LogP contribution in [0.1, 0.15) is 32.6 Å². The number of nitrogens with one attached hydrogen (secondary N) is 2. The average Bonchev–Trinajstić information content (AvgIpc) is 2.84. The zero-order valence-corrected chi connectivity index (χ0v) is 9.40. The van der Waals surface area contributed by atoms with Crippen molar-refractivity contribution >= 4 is 17.3 Å². The predicted molar refractivity (Wildman–Crippen MR) is 60.3 cm³/mol. The van der Waals surface area contributed by atoms with Crippen molar-refractivity contribution in [3.63, 3.8) is 0 Å². The lowest BCUT2D eigenvalue weighted by Gasteiger charge is -2.36. The number of hydrogen-bond donors (Lipinski definition) is 2. The predicted octanol–water partition coefficient (Wildman–Crippen LogP) is 1.18. The van der Waals surface area contributed by atoms with E-state index in [1.165, 1.54) is 12.8 Å². The molecular formula is C10H18N2OS. The molecule has 2 aliphatic carbocycles. The fraction of sp³-hybridized carbons (Fsp3) is 0.900. The number of hydrogen-bond acceptors (Lipinski definition) is 2. The molecule has 80 valence electrons. The highest BCUT2D eigenvalue weighted by molar-refractivity contribution is 7.80. The Bertz CT molecular complexity index is 212. The standard InChI is InChI=1S/C10H18N2OS/c1-2-13-9-5-8(6-9)12-10(14)11-7-3-4-7/h7-9H,2-6H2,1H3,(H2,11,12,14). The van der Waals surface area contributed by atoms with Crippen molar-refractivity contribution in [3.8, 4) is 0 Å². The van der Waals surface area contributed by atoms with Gasteiger partial charge in [-0.15, -0.1) is 0 Å². The molecule has 0 atom stereocenters. The maximum atomic E-state index is 5.48. The molecule has 0 aliphatic heterocycles. The Morgan fingerprint density at radius 3 is 2.50 bits per heavy atom. The van der Waals surface area contributed by atoms with Crippen LogP contribution in [0.3, 0.4) is 0 Å². The van der Waals surface area contributed by atoms with Crippen LogP contribution in [-0.2, 0) is 4.74 Å². The van der Waals surface area contributed by atoms with E-state index in [1.54, 1.807) is 0 Å². The van der Waals surface area contributed by atoms with Gasteiger partial charge in [-0.1, -0.05) is 0 Å². The third-order valence-corrected chi connectivity index (χ3v) is 2.98. The minimum atomic E-state index is 0.459. The maximum absolute atomic E-state index is 5.48. The van der Waals surface area contributed by atoms with Gasteiger partial charge in [0, 0.05) is 18.7 Å². The summed E-state index contributed by atoms with van der Waals surface area (Å²) in [6.45, 7) is 2.86. The van der Waals surface area contributed by atoms with Gasteiger partial charge in [0.2, 0.25) is 0 Å². The van der Waals surface area contributed by atoms with Crippen molar-refractivity contribution < 1.29 is 4.74 Å². The van der Waals surface area contributed by atoms with Crippen LogP contribution in [-0.4, -0.2) is 29.9 Å². The Balaban J connectivity index is 1.56. The largest absolute Gasteiger partial charge is 0.378 e. The molecular weight excluding hydrogens is 196 g/mol. The zero-order valence-electron chi connectivity index (χ0n) is 8.58. The first-order valence-electron chi connectivity index (χ1n) is 5.46. The molecule has 4 heteroatoms. The SMILES string of the molecule is CCOC1CC(NC(=S)NC2CC2)C1. The third kappa shape index (κ3) is 2.82. The van der Waals surface area contributed by atoms with Crippen molar-refractivity contribution in [2.24, 2.45) is 0 Å². The highest BCUT2D eigenvalue weighted by Gasteiger charge is 2.30. The topological polar surface area (TPSA) is 33.3 Å². The quantitative estimate of drug-likeness (QED) is 0.689. The van der Waals surface area contributed by atoms with Gasteiger partial charge in [-0.05, 0) is 44.8 Å². The van der Waals surface area contributed by atoms with Gasteiger partial charge < -0.3 is 15.4 Å². The van der Waals surface area contributed by atoms with Gasteiger partial charge in [0.15, 0.2) is 5.11 Å². The van der Waals surface area contributed by atoms with Gasteiger partial charge in [-0.3, -0.25) is 0 Å². The van der Waals surface area contributed by atoms with E-state index >= 15 is 0 Å². The molecule has 0 spiro atoms. The van der Waals surface area contributed by atoms with E-state index in [-0.39, 0.29) is 0 Å². The Kier molecular flexibility index (Phi) is 3.23. The first-order valence-corrected chi connectivity index (χ1v) is 5.87. The molecule has 0 unspecified atom stereocenters. The molecule has 0 radical (unpaired) electrons. The summed E-state index contributed by atoms with van der Waals surface area (Å²) in [6, 6.07) is 1.18. The van der Waals surface area contributed by atoms with Crippen molar-refractivity contribution in [3.05, 3.63) is 0 Å². The van der Waals surface area contributed by atoms with Gasteiger partial charge in [0.05, 0.1) is 6.10 Å². The van der Waals surface area contributed by atoms with E-state index in [1.807, 2.05) is 6.92 Å². The van der Waals surface area contributed by atoms with Gasteiger partial charge >= 0.3 is 0 Å². The van der Waals surface area contributed by atoms with Crippen LogP contribution in [0.5, 0.6) is 0 Å². The number of thiocarbonyl (C=S) groups is 1. The van der Waals surface area contributed by atoms with Crippen LogP contribution in [0.15, 0.2) is 0 Å². The highest BCUT2D eigenvalue weighted by Crippen LogP contribution is 2.23. The van der Waals surface area contributed by atoms with E-state index < -0.39 is 0 Å². The minimum Gasteiger partial charge on any atom is -0.378 e. The van der Waals surface area contributed by atoms with Crippen LogP contribution < -0.4 is 10.6 Å². The molecule has 14 heavy (non-hydrogen) atoms. The Morgan fingerprint density at radius 2 is 1.93 bits per heavy atom. The molecule has 0 aromatic rings. The van der Waals surface area contributed by atoms with Gasteiger partial charge in [-0.25, -0.2) is 0 Å². The first-order chi connectivity index (χ1) is 6.78. The van der Waals surface area contributed by atoms with Crippen molar-refractivity contribution in [2.75, 3.05) is 6.61 Å². The monoisotopic (exact) mass is 214 g/mol. The number of ether oxygens (including phenoxy) is 1. The minimum absolute atomic E-state index is 0.459. The van der Waals surface area contributed by atoms with E-state index in [2.05, 4.69) is 10.6 Å². The maximum Gasteiger partial charge on any atom is 0.166 e. The fourth-order valence-electron chi connectivity index (χ4n) is 1.70. The van der Waals surface area contributed by atoms with Crippen LogP contribution >= 0.6 is 12.2 Å². The Hall–Kier alpha value is -0.350. The summed E-state index contributed by atoms with van der Waals surface area (Å²) in [5, 5.41) is 7.42. The third-order valence-electron chi connectivity index (χ3n) is 2.74. The summed E-state index contributed by atoms with van der Waals surface area (Å²) in [5.41, 5.74) is 0. The molecule has 0 bridgehead atoms. The second kappa shape index (κ2) is 4.45. The van der Waals surface area contributed by atoms with E-state index in [0.29, 0.717) is 18.2 Å². The normalized spacial score (nSPS) is 30.6. The smallest absolute Gasteiger partial charge is 0.166 e. The molecule has 0 amide bonds. The Labute approximate surface area is 90.6 Å². The van der Waals surface area contributed by atoms with E-state index in [4.69, 9.17) is 17.0 Å². The summed E-state index contributed by atoms with van der Waals surface area (Å²) < 4.78 is 5.48. The summed E-state index contributed by atoms with van der Waals surface area (Å²) in [6.07, 6.45) is 5.20. The van der Waals surface area contributed by atoms with Crippen LogP contribution in [0, 0.1) is 0 Å². The average molecular weight is 214 g/mol. The molecule has 0 aromatic carbocycles. The van der Waals surface area contributed by atoms with E-state index in [0.717, 1.165) is 24.6 Å². The second-order valence-electron chi connectivity index (χ2n) is 4.14. The molecule has 0 saturated heterocycles. The Morgan fingerprint density at radius 1 is 1.29 bits per heavy atom. The van der Waals surface area contributed by atoms with Crippen molar-refractivity contribution in [2.45, 2.75) is 50.8 Å². The summed E-state index contributed by atoms with van der Waals surface area (Å²) in [4.78, 5) is 0. The molecule has 2 N–H and O–H groups in total. The summed E-state index contributed by atoms with van der Waals surface area (Å²) in [7, 11) is 0. The van der Waals surface area contributed by atoms with Crippen LogP contribution in [0.25, 0.3) is 0 Å². The van der Waals surface area contributed by atoms with Gasteiger partial charge in [-0.2, -0.15) is 0 Å². The van der Waals surface area contributed by atoms with Crippen LogP contribution in [0.4, 0.5) is 0 Å². The number of rotatable bonds is 4. The zero-order chi connectivity index (χ0) is 9.97. The lowest BCUT2D eigenvalue weighted by Crippen LogP contribution is -2.51. The molecule has 2 fully saturated rings. The molecule has 2 saturated carbocycles. The lowest BCUT2D eigenvalue weighted by atomic mass is 9.89. The summed E-state index contributed by atoms with van der Waals surface area (Å²) >= 11 is 5.19. The van der Waals surface area contributed by atoms with Crippen molar-refractivity contribution in [1.82, 2.24) is 10.6 Å². The summed E-state index contributed by atoms with van der Waals surface area (Å²) in [5.74, 6) is 0. The lowest BCUT2D eigenvalue weighted by molar-refractivity contribution is -0.00563. The molecule has 0 heterocycles. The molecule has 3 nitrogen and oxygen atoms in total. The first kappa shape index (κ1) is 10.2. The van der Waals surface area contributed by atoms with Gasteiger partial charge in [0.1, 0.15) is 0 Å².